The minimum atomic E-state index is -0.805. The number of aliphatic hydroxyl groups is 1. The molecule has 102 valence electrons. The number of nitrogens with zero attached hydrogens (tertiary/aromatic N) is 1. The van der Waals surface area contributed by atoms with Crippen molar-refractivity contribution in [1.29, 1.82) is 0 Å². The lowest BCUT2D eigenvalue weighted by Crippen LogP contribution is -2.34. The Kier molecular flexibility index (Phi) is 3.29. The van der Waals surface area contributed by atoms with Gasteiger partial charge < -0.3 is 10.2 Å². The highest BCUT2D eigenvalue weighted by Crippen LogP contribution is 2.41. The molecule has 1 aromatic rings. The number of hydrogen-bond donors (Lipinski definition) is 2. The molecule has 19 heavy (non-hydrogen) atoms. The van der Waals surface area contributed by atoms with E-state index < -0.39 is 12.0 Å². The smallest absolute Gasteiger partial charge is 0.325 e. The molecule has 2 aliphatic rings. The normalized spacial score (nSPS) is 32.2. The molecule has 0 aromatic heterocycles. The molecule has 4 atom stereocenters. The van der Waals surface area contributed by atoms with Gasteiger partial charge in [0.25, 0.3) is 0 Å². The van der Waals surface area contributed by atoms with Crippen LogP contribution in [0.25, 0.3) is 0 Å². The number of fused-ring (bicyclic) bond motifs is 1. The van der Waals surface area contributed by atoms with Crippen LogP contribution in [0.3, 0.4) is 0 Å². The summed E-state index contributed by atoms with van der Waals surface area (Å²) in [6, 6.07) is 8.78. The van der Waals surface area contributed by atoms with E-state index in [9.17, 15) is 15.0 Å². The highest BCUT2D eigenvalue weighted by Gasteiger charge is 2.45. The van der Waals surface area contributed by atoms with Gasteiger partial charge in [-0.15, -0.1) is 0 Å². The topological polar surface area (TPSA) is 60.8 Å². The van der Waals surface area contributed by atoms with Gasteiger partial charge in [-0.3, -0.25) is 9.69 Å². The Morgan fingerprint density at radius 2 is 1.95 bits per heavy atom. The van der Waals surface area contributed by atoms with Gasteiger partial charge in [0, 0.05) is 19.0 Å². The molecule has 0 amide bonds. The van der Waals surface area contributed by atoms with E-state index in [-0.39, 0.29) is 12.0 Å². The number of likely N-dealkylation sites (tertiary alicyclic amines) is 1. The summed E-state index contributed by atoms with van der Waals surface area (Å²) in [5, 5.41) is 19.4. The summed E-state index contributed by atoms with van der Waals surface area (Å²) >= 11 is 0. The third-order valence-electron chi connectivity index (χ3n) is 4.56. The summed E-state index contributed by atoms with van der Waals surface area (Å²) in [5.74, 6) is -0.0909. The van der Waals surface area contributed by atoms with Crippen LogP contribution in [0.4, 0.5) is 0 Å². The fourth-order valence-electron chi connectivity index (χ4n) is 3.63. The first-order valence-corrected chi connectivity index (χ1v) is 6.86. The van der Waals surface area contributed by atoms with Gasteiger partial charge in [0.15, 0.2) is 0 Å². The second-order valence-electron chi connectivity index (χ2n) is 5.67. The van der Waals surface area contributed by atoms with Crippen LogP contribution in [0.1, 0.15) is 24.4 Å². The molecule has 1 saturated heterocycles. The second kappa shape index (κ2) is 4.94. The maximum absolute atomic E-state index is 11.6. The van der Waals surface area contributed by atoms with Crippen molar-refractivity contribution >= 4 is 5.97 Å². The Balaban J connectivity index is 1.81. The molecular weight excluding hydrogens is 242 g/mol. The van der Waals surface area contributed by atoms with E-state index in [1.807, 2.05) is 35.2 Å². The van der Waals surface area contributed by atoms with E-state index in [2.05, 4.69) is 0 Å². The number of benzene rings is 1. The molecule has 1 aliphatic heterocycles. The molecule has 0 bridgehead atoms. The molecule has 1 heterocycles. The Morgan fingerprint density at radius 3 is 2.58 bits per heavy atom. The second-order valence-corrected chi connectivity index (χ2v) is 5.67. The summed E-state index contributed by atoms with van der Waals surface area (Å²) in [5.41, 5.74) is 0.824. The van der Waals surface area contributed by atoms with E-state index in [0.717, 1.165) is 24.9 Å². The van der Waals surface area contributed by atoms with Gasteiger partial charge in [0.2, 0.25) is 0 Å². The lowest BCUT2D eigenvalue weighted by Gasteiger charge is -2.25. The third-order valence-corrected chi connectivity index (χ3v) is 4.56. The largest absolute Gasteiger partial charge is 0.480 e. The molecule has 0 radical (unpaired) electrons. The summed E-state index contributed by atoms with van der Waals surface area (Å²) in [7, 11) is 0. The standard InChI is InChI=1S/C15H19NO3/c17-13-7-6-11-8-16(9-12(11)13)14(15(18)19)10-4-2-1-3-5-10/h1-5,11-14,17H,6-9H2,(H,18,19). The summed E-state index contributed by atoms with van der Waals surface area (Å²) in [6.45, 7) is 1.48. The van der Waals surface area contributed by atoms with E-state index in [0.29, 0.717) is 12.5 Å². The molecule has 0 spiro atoms. The number of aliphatic hydroxyl groups excluding tert-OH is 1. The number of carboxylic acids is 1. The van der Waals surface area contributed by atoms with Gasteiger partial charge in [0.05, 0.1) is 6.10 Å². The van der Waals surface area contributed by atoms with Gasteiger partial charge in [0.1, 0.15) is 6.04 Å². The quantitative estimate of drug-likeness (QED) is 0.866. The highest BCUT2D eigenvalue weighted by atomic mass is 16.4. The molecule has 4 heteroatoms. The van der Waals surface area contributed by atoms with E-state index in [4.69, 9.17) is 0 Å². The highest BCUT2D eigenvalue weighted by molar-refractivity contribution is 5.75. The molecule has 4 unspecified atom stereocenters. The van der Waals surface area contributed by atoms with Crippen LogP contribution in [0.2, 0.25) is 0 Å². The first kappa shape index (κ1) is 12.6. The van der Waals surface area contributed by atoms with Gasteiger partial charge in [-0.1, -0.05) is 30.3 Å². The Bertz CT molecular complexity index is 462. The van der Waals surface area contributed by atoms with Crippen LogP contribution >= 0.6 is 0 Å². The van der Waals surface area contributed by atoms with Crippen LogP contribution in [0, 0.1) is 11.8 Å². The fraction of sp³-hybridized carbons (Fsp3) is 0.533. The van der Waals surface area contributed by atoms with Crippen molar-refractivity contribution < 1.29 is 15.0 Å². The zero-order valence-electron chi connectivity index (χ0n) is 10.8. The molecule has 3 rings (SSSR count). The predicted molar refractivity (Wildman–Crippen MR) is 70.6 cm³/mol. The Labute approximate surface area is 112 Å². The predicted octanol–water partition coefficient (Wildman–Crippen LogP) is 1.51. The molecule has 1 saturated carbocycles. The number of carbonyl (C=O) groups is 1. The van der Waals surface area contributed by atoms with Crippen molar-refractivity contribution in [2.24, 2.45) is 11.8 Å². The Morgan fingerprint density at radius 1 is 1.21 bits per heavy atom. The van der Waals surface area contributed by atoms with Crippen molar-refractivity contribution in [3.05, 3.63) is 35.9 Å². The molecule has 4 nitrogen and oxygen atoms in total. The van der Waals surface area contributed by atoms with Crippen LogP contribution in [0.15, 0.2) is 30.3 Å². The lowest BCUT2D eigenvalue weighted by atomic mass is 10.00. The first-order chi connectivity index (χ1) is 9.16. The van der Waals surface area contributed by atoms with Crippen molar-refractivity contribution in [2.75, 3.05) is 13.1 Å². The molecule has 1 aliphatic carbocycles. The zero-order valence-corrected chi connectivity index (χ0v) is 10.8. The number of aliphatic carboxylic acids is 1. The van der Waals surface area contributed by atoms with E-state index in [1.54, 1.807) is 0 Å². The average molecular weight is 261 g/mol. The summed E-state index contributed by atoms with van der Waals surface area (Å²) in [6.07, 6.45) is 1.63. The van der Waals surface area contributed by atoms with Crippen LogP contribution in [-0.2, 0) is 4.79 Å². The SMILES string of the molecule is O=C(O)C(c1ccccc1)N1CC2CCC(O)C2C1. The molecule has 2 N–H and O–H groups in total. The third kappa shape index (κ3) is 2.26. The maximum Gasteiger partial charge on any atom is 0.325 e. The van der Waals surface area contributed by atoms with Crippen LogP contribution in [-0.4, -0.2) is 40.3 Å². The van der Waals surface area contributed by atoms with Crippen molar-refractivity contribution in [3.8, 4) is 0 Å². The summed E-state index contributed by atoms with van der Waals surface area (Å²) in [4.78, 5) is 13.6. The van der Waals surface area contributed by atoms with Crippen molar-refractivity contribution in [2.45, 2.75) is 25.0 Å². The minimum Gasteiger partial charge on any atom is -0.480 e. The molecular formula is C15H19NO3. The van der Waals surface area contributed by atoms with E-state index in [1.165, 1.54) is 0 Å². The van der Waals surface area contributed by atoms with E-state index >= 15 is 0 Å². The average Bonchev–Trinajstić information content (AvgIpc) is 2.94. The minimum absolute atomic E-state index is 0.250. The zero-order chi connectivity index (χ0) is 13.4. The fourth-order valence-corrected chi connectivity index (χ4v) is 3.63. The first-order valence-electron chi connectivity index (χ1n) is 6.86. The lowest BCUT2D eigenvalue weighted by molar-refractivity contribution is -0.143. The maximum atomic E-state index is 11.6. The summed E-state index contributed by atoms with van der Waals surface area (Å²) < 4.78 is 0. The number of carboxylic acid groups (broad SMARTS) is 1. The monoisotopic (exact) mass is 261 g/mol. The molecule has 1 aromatic carbocycles. The van der Waals surface area contributed by atoms with Crippen molar-refractivity contribution in [3.63, 3.8) is 0 Å². The van der Waals surface area contributed by atoms with Crippen LogP contribution in [0.5, 0.6) is 0 Å². The number of rotatable bonds is 3. The van der Waals surface area contributed by atoms with Gasteiger partial charge in [-0.2, -0.15) is 0 Å². The van der Waals surface area contributed by atoms with Crippen LogP contribution < -0.4 is 0 Å². The number of hydrogen-bond acceptors (Lipinski definition) is 3. The van der Waals surface area contributed by atoms with Gasteiger partial charge in [-0.25, -0.2) is 0 Å². The molecule has 2 fully saturated rings. The van der Waals surface area contributed by atoms with Crippen molar-refractivity contribution in [1.82, 2.24) is 4.90 Å². The Hall–Kier alpha value is -1.39. The van der Waals surface area contributed by atoms with Gasteiger partial charge in [-0.05, 0) is 24.3 Å². The van der Waals surface area contributed by atoms with Gasteiger partial charge >= 0.3 is 5.97 Å².